The summed E-state index contributed by atoms with van der Waals surface area (Å²) in [6.07, 6.45) is 0. The van der Waals surface area contributed by atoms with Gasteiger partial charge in [0.2, 0.25) is 0 Å². The summed E-state index contributed by atoms with van der Waals surface area (Å²) < 4.78 is 15.9. The van der Waals surface area contributed by atoms with Crippen molar-refractivity contribution < 1.29 is 9.50 Å². The van der Waals surface area contributed by atoms with Gasteiger partial charge in [-0.2, -0.15) is 5.26 Å². The molecule has 0 atom stereocenters. The van der Waals surface area contributed by atoms with Crippen molar-refractivity contribution in [2.45, 2.75) is 4.90 Å². The summed E-state index contributed by atoms with van der Waals surface area (Å²) in [6, 6.07) is 6.11. The summed E-state index contributed by atoms with van der Waals surface area (Å²) >= 11 is 1.22. The van der Waals surface area contributed by atoms with Crippen LogP contribution in [0, 0.1) is 17.1 Å². The van der Waals surface area contributed by atoms with Crippen LogP contribution in [0.25, 0.3) is 0 Å². The van der Waals surface area contributed by atoms with Crippen LogP contribution in [0.3, 0.4) is 0 Å². The van der Waals surface area contributed by atoms with Gasteiger partial charge < -0.3 is 5.11 Å². The number of benzene rings is 1. The third-order valence-electron chi connectivity index (χ3n) is 1.46. The molecule has 2 N–H and O–H groups in total. The Morgan fingerprint density at radius 2 is 2.36 bits per heavy atom. The molecule has 0 radical (unpaired) electrons. The number of rotatable bonds is 4. The molecular weight excluding hydrogens is 203 g/mol. The molecule has 0 heterocycles. The van der Waals surface area contributed by atoms with Crippen LogP contribution in [-0.2, 0) is 0 Å². The van der Waals surface area contributed by atoms with Gasteiger partial charge >= 0.3 is 0 Å². The fourth-order valence-electron chi connectivity index (χ4n) is 0.830. The standard InChI is InChI=1S/C9H9FN2OS/c10-9-5-8(14-12-3-4-13)2-1-7(9)6-11/h1-2,5,12-13H,3-4H2. The quantitative estimate of drug-likeness (QED) is 0.583. The molecule has 0 saturated heterocycles. The largest absolute Gasteiger partial charge is 0.395 e. The molecular formula is C9H9FN2OS. The molecule has 0 aliphatic rings. The Kier molecular flexibility index (Phi) is 4.40. The number of aliphatic hydroxyl groups is 1. The molecule has 1 aromatic rings. The molecule has 0 amide bonds. The van der Waals surface area contributed by atoms with E-state index >= 15 is 0 Å². The second-order valence-electron chi connectivity index (χ2n) is 2.47. The number of nitrogens with one attached hydrogen (secondary N) is 1. The zero-order valence-electron chi connectivity index (χ0n) is 7.33. The van der Waals surface area contributed by atoms with Crippen LogP contribution < -0.4 is 4.72 Å². The fourth-order valence-corrected chi connectivity index (χ4v) is 1.49. The summed E-state index contributed by atoms with van der Waals surface area (Å²) in [5.74, 6) is -0.525. The number of nitriles is 1. The third kappa shape index (κ3) is 3.00. The predicted molar refractivity (Wildman–Crippen MR) is 52.1 cm³/mol. The van der Waals surface area contributed by atoms with Crippen LogP contribution in [-0.4, -0.2) is 18.3 Å². The number of nitrogens with zero attached hydrogens (tertiary/aromatic N) is 1. The minimum atomic E-state index is -0.525. The molecule has 0 saturated carbocycles. The van der Waals surface area contributed by atoms with E-state index in [4.69, 9.17) is 10.4 Å². The SMILES string of the molecule is N#Cc1ccc(SNCCO)cc1F. The van der Waals surface area contributed by atoms with Crippen molar-refractivity contribution in [1.82, 2.24) is 4.72 Å². The lowest BCUT2D eigenvalue weighted by atomic mass is 10.2. The van der Waals surface area contributed by atoms with Gasteiger partial charge in [0.25, 0.3) is 0 Å². The molecule has 1 aromatic carbocycles. The summed E-state index contributed by atoms with van der Waals surface area (Å²) in [7, 11) is 0. The maximum atomic E-state index is 13.0. The molecule has 0 aliphatic heterocycles. The minimum Gasteiger partial charge on any atom is -0.395 e. The van der Waals surface area contributed by atoms with Crippen LogP contribution in [0.2, 0.25) is 0 Å². The van der Waals surface area contributed by atoms with Crippen LogP contribution >= 0.6 is 11.9 Å². The van der Waals surface area contributed by atoms with E-state index in [-0.39, 0.29) is 12.2 Å². The molecule has 3 nitrogen and oxygen atoms in total. The molecule has 5 heteroatoms. The highest BCUT2D eigenvalue weighted by atomic mass is 32.2. The van der Waals surface area contributed by atoms with Crippen LogP contribution in [0.15, 0.2) is 23.1 Å². The Morgan fingerprint density at radius 3 is 2.93 bits per heavy atom. The van der Waals surface area contributed by atoms with E-state index in [9.17, 15) is 4.39 Å². The van der Waals surface area contributed by atoms with Crippen molar-refractivity contribution in [3.05, 3.63) is 29.6 Å². The highest BCUT2D eigenvalue weighted by molar-refractivity contribution is 7.97. The molecule has 74 valence electrons. The van der Waals surface area contributed by atoms with Gasteiger partial charge in [-0.15, -0.1) is 0 Å². The van der Waals surface area contributed by atoms with Crippen molar-refractivity contribution in [2.75, 3.05) is 13.2 Å². The average Bonchev–Trinajstić information content (AvgIpc) is 2.18. The van der Waals surface area contributed by atoms with E-state index in [1.54, 1.807) is 12.1 Å². The lowest BCUT2D eigenvalue weighted by Gasteiger charge is -2.02. The summed E-state index contributed by atoms with van der Waals surface area (Å²) in [4.78, 5) is 0.676. The zero-order valence-corrected chi connectivity index (χ0v) is 8.14. The van der Waals surface area contributed by atoms with Crippen molar-refractivity contribution >= 4 is 11.9 Å². The Bertz CT molecular complexity index is 351. The maximum Gasteiger partial charge on any atom is 0.142 e. The van der Waals surface area contributed by atoms with Gasteiger partial charge in [0.1, 0.15) is 11.9 Å². The third-order valence-corrected chi connectivity index (χ3v) is 2.30. The van der Waals surface area contributed by atoms with Crippen molar-refractivity contribution in [2.24, 2.45) is 0 Å². The maximum absolute atomic E-state index is 13.0. The van der Waals surface area contributed by atoms with E-state index in [2.05, 4.69) is 4.72 Å². The number of hydrogen-bond donors (Lipinski definition) is 2. The molecule has 0 spiro atoms. The van der Waals surface area contributed by atoms with E-state index in [1.807, 2.05) is 0 Å². The lowest BCUT2D eigenvalue weighted by Crippen LogP contribution is -2.08. The van der Waals surface area contributed by atoms with Crippen molar-refractivity contribution in [3.8, 4) is 6.07 Å². The first-order valence-electron chi connectivity index (χ1n) is 3.98. The lowest BCUT2D eigenvalue weighted by molar-refractivity contribution is 0.302. The minimum absolute atomic E-state index is 0.0335. The van der Waals surface area contributed by atoms with Crippen molar-refractivity contribution in [3.63, 3.8) is 0 Å². The molecule has 0 aliphatic carbocycles. The van der Waals surface area contributed by atoms with E-state index in [0.717, 1.165) is 0 Å². The number of aliphatic hydroxyl groups excluding tert-OH is 1. The zero-order chi connectivity index (χ0) is 10.4. The van der Waals surface area contributed by atoms with Gasteiger partial charge in [0.05, 0.1) is 12.2 Å². The topological polar surface area (TPSA) is 56.0 Å². The second-order valence-corrected chi connectivity index (χ2v) is 3.44. The molecule has 0 fully saturated rings. The Hall–Kier alpha value is -1.09. The first-order valence-corrected chi connectivity index (χ1v) is 4.80. The Morgan fingerprint density at radius 1 is 1.57 bits per heavy atom. The van der Waals surface area contributed by atoms with Gasteiger partial charge in [0.15, 0.2) is 0 Å². The second kappa shape index (κ2) is 5.60. The normalized spacial score (nSPS) is 9.79. The van der Waals surface area contributed by atoms with E-state index in [0.29, 0.717) is 11.4 Å². The van der Waals surface area contributed by atoms with Crippen LogP contribution in [0.4, 0.5) is 4.39 Å². The van der Waals surface area contributed by atoms with Crippen LogP contribution in [0.5, 0.6) is 0 Å². The number of hydrogen-bond acceptors (Lipinski definition) is 4. The summed E-state index contributed by atoms with van der Waals surface area (Å²) in [5.41, 5.74) is 0.0384. The van der Waals surface area contributed by atoms with Crippen molar-refractivity contribution in [1.29, 1.82) is 5.26 Å². The van der Waals surface area contributed by atoms with Gasteiger partial charge in [-0.3, -0.25) is 4.72 Å². The molecule has 0 aromatic heterocycles. The smallest absolute Gasteiger partial charge is 0.142 e. The van der Waals surface area contributed by atoms with E-state index in [1.165, 1.54) is 24.1 Å². The highest BCUT2D eigenvalue weighted by Crippen LogP contribution is 2.17. The molecule has 0 bridgehead atoms. The molecule has 14 heavy (non-hydrogen) atoms. The number of halogens is 1. The first kappa shape index (κ1) is 11.0. The summed E-state index contributed by atoms with van der Waals surface area (Å²) in [6.45, 7) is 0.470. The molecule has 1 rings (SSSR count). The Balaban J connectivity index is 2.63. The average molecular weight is 212 g/mol. The monoisotopic (exact) mass is 212 g/mol. The van der Waals surface area contributed by atoms with Crippen LogP contribution in [0.1, 0.15) is 5.56 Å². The first-order chi connectivity index (χ1) is 6.77. The van der Waals surface area contributed by atoms with E-state index < -0.39 is 5.82 Å². The van der Waals surface area contributed by atoms with Gasteiger partial charge in [-0.1, -0.05) is 0 Å². The fraction of sp³-hybridized carbons (Fsp3) is 0.222. The molecule has 0 unspecified atom stereocenters. The summed E-state index contributed by atoms with van der Waals surface area (Å²) in [5, 5.41) is 17.0. The predicted octanol–water partition coefficient (Wildman–Crippen LogP) is 1.29. The van der Waals surface area contributed by atoms with Gasteiger partial charge in [-0.05, 0) is 30.1 Å². The van der Waals surface area contributed by atoms with Gasteiger partial charge in [0, 0.05) is 11.4 Å². The highest BCUT2D eigenvalue weighted by Gasteiger charge is 2.02. The van der Waals surface area contributed by atoms with Gasteiger partial charge in [-0.25, -0.2) is 4.39 Å². The Labute approximate surface area is 85.7 Å².